The lowest BCUT2D eigenvalue weighted by Gasteiger charge is -2.04. The van der Waals surface area contributed by atoms with Gasteiger partial charge in [0.1, 0.15) is 6.07 Å². The highest BCUT2D eigenvalue weighted by molar-refractivity contribution is 7.13. The van der Waals surface area contributed by atoms with Gasteiger partial charge in [0.2, 0.25) is 0 Å². The van der Waals surface area contributed by atoms with Gasteiger partial charge in [0.05, 0.1) is 12.3 Å². The summed E-state index contributed by atoms with van der Waals surface area (Å²) in [6, 6.07) is 20.8. The molecule has 0 radical (unpaired) electrons. The monoisotopic (exact) mass is 406 g/mol. The van der Waals surface area contributed by atoms with Crippen LogP contribution in [0.15, 0.2) is 71.2 Å². The molecule has 0 spiro atoms. The van der Waals surface area contributed by atoms with Crippen molar-refractivity contribution in [2.24, 2.45) is 5.16 Å². The number of rotatable bonds is 8. The topological polar surface area (TPSA) is 96.6 Å². The first-order chi connectivity index (χ1) is 14.2. The maximum atomic E-state index is 11.9. The van der Waals surface area contributed by atoms with E-state index in [2.05, 4.69) is 15.5 Å². The molecule has 1 N–H and O–H groups in total. The summed E-state index contributed by atoms with van der Waals surface area (Å²) in [5.41, 5.74) is 2.54. The van der Waals surface area contributed by atoms with E-state index in [-0.39, 0.29) is 18.9 Å². The van der Waals surface area contributed by atoms with Gasteiger partial charge in [-0.2, -0.15) is 5.26 Å². The summed E-state index contributed by atoms with van der Waals surface area (Å²) >= 11 is 1.25. The number of nitriles is 1. The van der Waals surface area contributed by atoms with Gasteiger partial charge in [-0.1, -0.05) is 65.8 Å². The minimum atomic E-state index is -0.559. The van der Waals surface area contributed by atoms with E-state index in [1.165, 1.54) is 11.3 Å². The Bertz CT molecular complexity index is 998. The van der Waals surface area contributed by atoms with Crippen LogP contribution in [0.4, 0.5) is 9.93 Å². The number of benzene rings is 2. The van der Waals surface area contributed by atoms with Crippen LogP contribution in [-0.4, -0.2) is 23.4 Å². The van der Waals surface area contributed by atoms with Crippen LogP contribution in [0.1, 0.15) is 16.8 Å². The number of hydrogen-bond acceptors (Lipinski definition) is 7. The van der Waals surface area contributed by atoms with Crippen molar-refractivity contribution < 1.29 is 14.4 Å². The first-order valence-electron chi connectivity index (χ1n) is 8.82. The van der Waals surface area contributed by atoms with Gasteiger partial charge in [-0.25, -0.2) is 9.78 Å². The van der Waals surface area contributed by atoms with Gasteiger partial charge in [-0.05, 0) is 5.56 Å². The number of ether oxygens (including phenoxy) is 1. The van der Waals surface area contributed by atoms with Crippen molar-refractivity contribution in [1.29, 1.82) is 5.26 Å². The Labute approximate surface area is 172 Å². The molecule has 3 aromatic rings. The fourth-order valence-corrected chi connectivity index (χ4v) is 3.04. The number of anilines is 1. The van der Waals surface area contributed by atoms with E-state index in [1.54, 1.807) is 17.5 Å². The van der Waals surface area contributed by atoms with Crippen molar-refractivity contribution in [3.05, 3.63) is 82.9 Å². The minimum absolute atomic E-state index is 0.0826. The van der Waals surface area contributed by atoms with Crippen LogP contribution in [0.5, 0.6) is 0 Å². The Morgan fingerprint density at radius 2 is 1.86 bits per heavy atom. The average molecular weight is 406 g/mol. The first kappa shape index (κ1) is 20.0. The highest BCUT2D eigenvalue weighted by Gasteiger charge is 2.08. The fraction of sp³-hybridized carbons (Fsp3) is 0.143. The molecule has 1 heterocycles. The van der Waals surface area contributed by atoms with Gasteiger partial charge in [0, 0.05) is 17.4 Å². The van der Waals surface area contributed by atoms with Crippen LogP contribution in [0.3, 0.4) is 0 Å². The molecule has 2 aromatic carbocycles. The Kier molecular flexibility index (Phi) is 7.32. The maximum Gasteiger partial charge on any atom is 0.413 e. The zero-order valence-electron chi connectivity index (χ0n) is 15.4. The number of oxime groups is 1. The second-order valence-corrected chi connectivity index (χ2v) is 6.69. The van der Waals surface area contributed by atoms with E-state index < -0.39 is 6.09 Å². The predicted octanol–water partition coefficient (Wildman–Crippen LogP) is 4.38. The normalized spacial score (nSPS) is 10.8. The predicted molar refractivity (Wildman–Crippen MR) is 111 cm³/mol. The number of carbonyl (C=O) groups excluding carboxylic acids is 1. The van der Waals surface area contributed by atoms with Crippen molar-refractivity contribution in [3.63, 3.8) is 0 Å². The lowest BCUT2D eigenvalue weighted by Crippen LogP contribution is -2.15. The zero-order valence-corrected chi connectivity index (χ0v) is 16.3. The molecule has 0 aliphatic rings. The zero-order chi connectivity index (χ0) is 20.3. The van der Waals surface area contributed by atoms with Crippen molar-refractivity contribution in [2.75, 3.05) is 11.9 Å². The summed E-state index contributed by atoms with van der Waals surface area (Å²) in [5.74, 6) is 0. The number of nitrogens with zero attached hydrogens (tertiary/aromatic N) is 3. The van der Waals surface area contributed by atoms with Crippen molar-refractivity contribution in [3.8, 4) is 6.07 Å². The molecule has 0 aliphatic carbocycles. The standard InChI is InChI=1S/C21H18N4O3S/c22-13-19(17-9-5-2-6-10-17)25-28-14-18-15-29-20(23-18)24-21(26)27-12-11-16-7-3-1-4-8-16/h1-10,15H,11-12,14H2,(H,23,24,26). The minimum Gasteiger partial charge on any atom is -0.449 e. The molecule has 1 amide bonds. The van der Waals surface area contributed by atoms with Crippen LogP contribution < -0.4 is 5.32 Å². The van der Waals surface area contributed by atoms with E-state index in [4.69, 9.17) is 9.57 Å². The number of hydrogen-bond donors (Lipinski definition) is 1. The lowest BCUT2D eigenvalue weighted by molar-refractivity contribution is 0.129. The molecule has 0 atom stereocenters. The van der Waals surface area contributed by atoms with Crippen LogP contribution >= 0.6 is 11.3 Å². The quantitative estimate of drug-likeness (QED) is 0.442. The maximum absolute atomic E-state index is 11.9. The average Bonchev–Trinajstić information content (AvgIpc) is 3.19. The number of aromatic nitrogens is 1. The molecule has 7 nitrogen and oxygen atoms in total. The Morgan fingerprint density at radius 3 is 2.59 bits per heavy atom. The largest absolute Gasteiger partial charge is 0.449 e. The van der Waals surface area contributed by atoms with E-state index >= 15 is 0 Å². The van der Waals surface area contributed by atoms with Gasteiger partial charge >= 0.3 is 6.09 Å². The Balaban J connectivity index is 1.43. The second kappa shape index (κ2) is 10.6. The smallest absolute Gasteiger partial charge is 0.413 e. The van der Waals surface area contributed by atoms with Crippen LogP contribution in [0, 0.1) is 11.3 Å². The highest BCUT2D eigenvalue weighted by Crippen LogP contribution is 2.16. The fourth-order valence-electron chi connectivity index (χ4n) is 2.36. The van der Waals surface area contributed by atoms with Crippen molar-refractivity contribution >= 4 is 28.3 Å². The number of carbonyl (C=O) groups is 1. The molecule has 0 fully saturated rings. The van der Waals surface area contributed by atoms with E-state index in [0.29, 0.717) is 22.8 Å². The number of nitrogens with one attached hydrogen (secondary N) is 1. The summed E-state index contributed by atoms with van der Waals surface area (Å²) in [6.45, 7) is 0.363. The first-order valence-corrected chi connectivity index (χ1v) is 9.70. The van der Waals surface area contributed by atoms with Crippen molar-refractivity contribution in [2.45, 2.75) is 13.0 Å². The molecule has 1 aromatic heterocycles. The summed E-state index contributed by atoms with van der Waals surface area (Å²) in [6.07, 6.45) is 0.0860. The summed E-state index contributed by atoms with van der Waals surface area (Å²) in [7, 11) is 0. The summed E-state index contributed by atoms with van der Waals surface area (Å²) in [4.78, 5) is 21.3. The molecule has 0 bridgehead atoms. The molecular weight excluding hydrogens is 388 g/mol. The third-order valence-corrected chi connectivity index (χ3v) is 4.56. The van der Waals surface area contributed by atoms with Gasteiger partial charge in [0.15, 0.2) is 17.5 Å². The third kappa shape index (κ3) is 6.45. The molecule has 0 aliphatic heterocycles. The molecule has 0 unspecified atom stereocenters. The molecule has 29 heavy (non-hydrogen) atoms. The summed E-state index contributed by atoms with van der Waals surface area (Å²) < 4.78 is 5.16. The van der Waals surface area contributed by atoms with E-state index in [1.807, 2.05) is 54.6 Å². The molecule has 3 rings (SSSR count). The van der Waals surface area contributed by atoms with Gasteiger partial charge < -0.3 is 9.57 Å². The lowest BCUT2D eigenvalue weighted by atomic mass is 10.1. The molecule has 146 valence electrons. The van der Waals surface area contributed by atoms with Gasteiger partial charge in [-0.3, -0.25) is 5.32 Å². The van der Waals surface area contributed by atoms with Crippen molar-refractivity contribution in [1.82, 2.24) is 4.98 Å². The Morgan fingerprint density at radius 1 is 1.14 bits per heavy atom. The van der Waals surface area contributed by atoms with E-state index in [0.717, 1.165) is 5.56 Å². The number of amides is 1. The SMILES string of the molecule is N#CC(=NOCc1csc(NC(=O)OCCc2ccccc2)n1)c1ccccc1. The molecular formula is C21H18N4O3S. The highest BCUT2D eigenvalue weighted by atomic mass is 32.1. The van der Waals surface area contributed by atoms with Gasteiger partial charge in [0.25, 0.3) is 0 Å². The van der Waals surface area contributed by atoms with Crippen LogP contribution in [0.25, 0.3) is 0 Å². The van der Waals surface area contributed by atoms with Gasteiger partial charge in [-0.15, -0.1) is 11.3 Å². The number of thiazole rings is 1. The second-order valence-electron chi connectivity index (χ2n) is 5.83. The van der Waals surface area contributed by atoms with Crippen LogP contribution in [-0.2, 0) is 22.6 Å². The molecule has 8 heteroatoms. The molecule has 0 saturated heterocycles. The van der Waals surface area contributed by atoms with E-state index in [9.17, 15) is 10.1 Å². The Hall–Kier alpha value is -3.70. The third-order valence-electron chi connectivity index (χ3n) is 3.75. The molecule has 0 saturated carbocycles. The van der Waals surface area contributed by atoms with Crippen LogP contribution in [0.2, 0.25) is 0 Å². The summed E-state index contributed by atoms with van der Waals surface area (Å²) in [5, 5.41) is 17.8.